The minimum absolute atomic E-state index is 0.0546. The summed E-state index contributed by atoms with van der Waals surface area (Å²) >= 11 is 9.05. The first-order chi connectivity index (χ1) is 15.4. The highest BCUT2D eigenvalue weighted by molar-refractivity contribution is 7.99. The molecular weight excluding hydrogens is 434 g/mol. The average molecular weight is 472 g/mol. The molecule has 0 fully saturated rings. The third-order valence-corrected chi connectivity index (χ3v) is 5.75. The number of hydrogen-bond donors (Lipinski definition) is 2. The molecule has 2 aromatic carbocycles. The van der Waals surface area contributed by atoms with E-state index in [1.54, 1.807) is 0 Å². The van der Waals surface area contributed by atoms with Crippen molar-refractivity contribution in [3.8, 4) is 0 Å². The number of anilines is 2. The Morgan fingerprint density at radius 3 is 1.38 bits per heavy atom. The van der Waals surface area contributed by atoms with Crippen LogP contribution in [0.3, 0.4) is 0 Å². The molecule has 0 aromatic heterocycles. The summed E-state index contributed by atoms with van der Waals surface area (Å²) in [6.45, 7) is 1.90. The van der Waals surface area contributed by atoms with Crippen LogP contribution in [-0.2, 0) is 0 Å². The van der Waals surface area contributed by atoms with Gasteiger partial charge in [-0.3, -0.25) is 14.9 Å². The van der Waals surface area contributed by atoms with Gasteiger partial charge in [-0.2, -0.15) is 0 Å². The van der Waals surface area contributed by atoms with Crippen LogP contribution >= 0.6 is 25.3 Å². The quantitative estimate of drug-likeness (QED) is 0.164. The SMILES string of the molecule is CN(C)c1ccc(N=CCCCN(CCCC=Nc2ccc(N(C)C)cc2)C(S)S)cc1. The van der Waals surface area contributed by atoms with E-state index in [1.807, 2.05) is 64.9 Å². The van der Waals surface area contributed by atoms with Gasteiger partial charge < -0.3 is 9.80 Å². The van der Waals surface area contributed by atoms with Crippen LogP contribution < -0.4 is 9.80 Å². The molecule has 2 aromatic rings. The summed E-state index contributed by atoms with van der Waals surface area (Å²) < 4.78 is -0.0546. The minimum atomic E-state index is -0.0546. The van der Waals surface area contributed by atoms with Crippen molar-refractivity contribution >= 4 is 60.4 Å². The Morgan fingerprint density at radius 1 is 0.688 bits per heavy atom. The van der Waals surface area contributed by atoms with Crippen LogP contribution in [0.4, 0.5) is 22.7 Å². The Bertz CT molecular complexity index is 763. The summed E-state index contributed by atoms with van der Waals surface area (Å²) in [4.78, 5) is 15.6. The zero-order valence-electron chi connectivity index (χ0n) is 19.7. The molecule has 0 aliphatic carbocycles. The van der Waals surface area contributed by atoms with Crippen LogP contribution in [0.2, 0.25) is 0 Å². The second-order valence-corrected chi connectivity index (χ2v) is 9.50. The van der Waals surface area contributed by atoms with E-state index >= 15 is 0 Å². The van der Waals surface area contributed by atoms with Gasteiger partial charge in [0.2, 0.25) is 0 Å². The van der Waals surface area contributed by atoms with Gasteiger partial charge in [0.1, 0.15) is 0 Å². The van der Waals surface area contributed by atoms with Gasteiger partial charge in [-0.25, -0.2) is 0 Å². The zero-order chi connectivity index (χ0) is 23.3. The van der Waals surface area contributed by atoms with Crippen molar-refractivity contribution in [2.45, 2.75) is 30.4 Å². The first-order valence-corrected chi connectivity index (χ1v) is 12.1. The molecule has 0 spiro atoms. The molecule has 0 atom stereocenters. The van der Waals surface area contributed by atoms with Crippen LogP contribution in [0, 0.1) is 0 Å². The summed E-state index contributed by atoms with van der Waals surface area (Å²) in [7, 11) is 8.15. The average Bonchev–Trinajstić information content (AvgIpc) is 2.77. The van der Waals surface area contributed by atoms with E-state index in [9.17, 15) is 0 Å². The maximum atomic E-state index is 4.56. The van der Waals surface area contributed by atoms with Crippen molar-refractivity contribution < 1.29 is 0 Å². The van der Waals surface area contributed by atoms with Gasteiger partial charge in [-0.1, -0.05) is 0 Å². The fourth-order valence-corrected chi connectivity index (χ4v) is 3.59. The monoisotopic (exact) mass is 471 g/mol. The van der Waals surface area contributed by atoms with Crippen LogP contribution in [0.15, 0.2) is 58.5 Å². The van der Waals surface area contributed by atoms with Crippen molar-refractivity contribution in [1.29, 1.82) is 0 Å². The maximum absolute atomic E-state index is 4.56. The summed E-state index contributed by atoms with van der Waals surface area (Å²) in [6, 6.07) is 16.5. The Labute approximate surface area is 205 Å². The highest BCUT2D eigenvalue weighted by atomic mass is 32.2. The maximum Gasteiger partial charge on any atom is 0.0969 e. The van der Waals surface area contributed by atoms with Crippen molar-refractivity contribution in [3.05, 3.63) is 48.5 Å². The first-order valence-electron chi connectivity index (χ1n) is 11.1. The van der Waals surface area contributed by atoms with E-state index < -0.39 is 0 Å². The fraction of sp³-hybridized carbons (Fsp3) is 0.440. The second kappa shape index (κ2) is 14.2. The van der Waals surface area contributed by atoms with Gasteiger partial charge in [0.15, 0.2) is 0 Å². The highest BCUT2D eigenvalue weighted by Gasteiger charge is 2.09. The van der Waals surface area contributed by atoms with Gasteiger partial charge in [0, 0.05) is 65.1 Å². The van der Waals surface area contributed by atoms with Crippen molar-refractivity contribution in [3.63, 3.8) is 0 Å². The molecule has 0 unspecified atom stereocenters. The summed E-state index contributed by atoms with van der Waals surface area (Å²) in [5, 5.41) is 0. The first kappa shape index (κ1) is 26.3. The molecule has 0 bridgehead atoms. The lowest BCUT2D eigenvalue weighted by Gasteiger charge is -2.24. The van der Waals surface area contributed by atoms with Gasteiger partial charge in [0.25, 0.3) is 0 Å². The topological polar surface area (TPSA) is 34.4 Å². The molecule has 32 heavy (non-hydrogen) atoms. The van der Waals surface area contributed by atoms with Crippen molar-refractivity contribution in [1.82, 2.24) is 4.90 Å². The molecule has 7 heteroatoms. The number of benzene rings is 2. The van der Waals surface area contributed by atoms with E-state index in [0.29, 0.717) is 0 Å². The predicted octanol–water partition coefficient (Wildman–Crippen LogP) is 5.93. The van der Waals surface area contributed by atoms with Crippen LogP contribution in [0.5, 0.6) is 0 Å². The van der Waals surface area contributed by atoms with Crippen LogP contribution in [0.1, 0.15) is 25.7 Å². The Kier molecular flexibility index (Phi) is 11.7. The lowest BCUT2D eigenvalue weighted by atomic mass is 10.2. The molecule has 0 amide bonds. The molecule has 0 saturated heterocycles. The van der Waals surface area contributed by atoms with Crippen molar-refractivity contribution in [2.24, 2.45) is 9.98 Å². The number of aliphatic imine (C=N–C) groups is 2. The normalized spacial score (nSPS) is 11.9. The minimum Gasteiger partial charge on any atom is -0.378 e. The largest absolute Gasteiger partial charge is 0.378 e. The van der Waals surface area contributed by atoms with Gasteiger partial charge in [-0.15, -0.1) is 25.3 Å². The van der Waals surface area contributed by atoms with Gasteiger partial charge >= 0.3 is 0 Å². The second-order valence-electron chi connectivity index (χ2n) is 8.11. The molecule has 0 N–H and O–H groups in total. The lowest BCUT2D eigenvalue weighted by Crippen LogP contribution is -2.30. The van der Waals surface area contributed by atoms with E-state index in [1.165, 1.54) is 11.4 Å². The highest BCUT2D eigenvalue weighted by Crippen LogP contribution is 2.19. The molecule has 0 saturated carbocycles. The summed E-state index contributed by atoms with van der Waals surface area (Å²) in [5.74, 6) is 0. The fourth-order valence-electron chi connectivity index (χ4n) is 3.13. The van der Waals surface area contributed by atoms with Crippen LogP contribution in [-0.4, -0.2) is 63.3 Å². The third kappa shape index (κ3) is 9.67. The number of rotatable bonds is 13. The Morgan fingerprint density at radius 2 is 1.06 bits per heavy atom. The van der Waals surface area contributed by atoms with Crippen molar-refractivity contribution in [2.75, 3.05) is 51.1 Å². The molecule has 0 heterocycles. The zero-order valence-corrected chi connectivity index (χ0v) is 21.5. The molecule has 174 valence electrons. The molecule has 0 aliphatic rings. The molecular formula is C25H37N5S2. The van der Waals surface area contributed by atoms with E-state index in [-0.39, 0.29) is 4.71 Å². The van der Waals surface area contributed by atoms with E-state index in [2.05, 4.69) is 74.2 Å². The molecule has 5 nitrogen and oxygen atoms in total. The summed E-state index contributed by atoms with van der Waals surface area (Å²) in [5.41, 5.74) is 4.34. The number of thiol groups is 2. The number of hydrogen-bond acceptors (Lipinski definition) is 7. The van der Waals surface area contributed by atoms with E-state index in [0.717, 1.165) is 50.1 Å². The van der Waals surface area contributed by atoms with Gasteiger partial charge in [0.05, 0.1) is 16.1 Å². The van der Waals surface area contributed by atoms with Gasteiger partial charge in [-0.05, 0) is 74.2 Å². The summed E-state index contributed by atoms with van der Waals surface area (Å²) in [6.07, 6.45) is 7.94. The lowest BCUT2D eigenvalue weighted by molar-refractivity contribution is 0.302. The number of nitrogens with zero attached hydrogens (tertiary/aromatic N) is 5. The third-order valence-electron chi connectivity index (χ3n) is 5.10. The molecule has 0 radical (unpaired) electrons. The van der Waals surface area contributed by atoms with Crippen LogP contribution in [0.25, 0.3) is 0 Å². The van der Waals surface area contributed by atoms with E-state index in [4.69, 9.17) is 0 Å². The standard InChI is InChI=1S/C25H37N5S2/c1-28(2)23-13-9-21(10-14-23)26-17-5-7-19-30(25(31)32)20-8-6-18-27-22-11-15-24(16-12-22)29(3)4/h9-18,25,31-32H,5-8,19-20H2,1-4H3. The Balaban J connectivity index is 1.67. The predicted molar refractivity (Wildman–Crippen MR) is 150 cm³/mol. The molecule has 2 rings (SSSR count). The molecule has 0 aliphatic heterocycles. The smallest absolute Gasteiger partial charge is 0.0969 e. The number of unbranched alkanes of at least 4 members (excludes halogenated alkanes) is 2. The Hall–Kier alpha value is -1.96.